The predicted octanol–water partition coefficient (Wildman–Crippen LogP) is -0.426. The highest BCUT2D eigenvalue weighted by Crippen LogP contribution is 1.59. The first-order valence-electron chi connectivity index (χ1n) is 2.14. The topological polar surface area (TPSA) is 52.0 Å². The van der Waals surface area contributed by atoms with Crippen molar-refractivity contribution >= 4 is 0 Å². The number of rotatable bonds is 0. The minimum Gasteiger partial charge on any atom is -0.306 e. The van der Waals surface area contributed by atoms with Crippen LogP contribution in [0.5, 0.6) is 0 Å². The Morgan fingerprint density at radius 1 is 1.50 bits per heavy atom. The Hall–Kier alpha value is -1.00. The monoisotopic (exact) mass is 108 g/mol. The lowest BCUT2D eigenvalue weighted by molar-refractivity contribution is 0.907. The van der Waals surface area contributed by atoms with Crippen molar-refractivity contribution in [1.29, 1.82) is 0 Å². The molecule has 0 aliphatic heterocycles. The number of hydrogen-bond acceptors (Lipinski definition) is 2. The van der Waals surface area contributed by atoms with Gasteiger partial charge in [-0.2, -0.15) is 0 Å². The zero-order valence-electron chi connectivity index (χ0n) is 4.52. The van der Waals surface area contributed by atoms with Gasteiger partial charge < -0.3 is 11.5 Å². The molecule has 0 heterocycles. The number of allylic oxidation sites excluding steroid dienone is 1. The summed E-state index contributed by atoms with van der Waals surface area (Å²) in [6, 6.07) is 0. The van der Waals surface area contributed by atoms with Gasteiger partial charge in [0.05, 0.1) is 0 Å². The molecule has 4 N–H and O–H groups in total. The Balaban J connectivity index is 3.67. The molecule has 0 unspecified atom stereocenters. The van der Waals surface area contributed by atoms with E-state index in [1.165, 1.54) is 6.08 Å². The quantitative estimate of drug-likeness (QED) is 0.251. The Labute approximate surface area is 48.9 Å². The summed E-state index contributed by atoms with van der Waals surface area (Å²) in [5.74, 6) is 5.03. The van der Waals surface area contributed by atoms with E-state index in [0.717, 1.165) is 0 Å². The van der Waals surface area contributed by atoms with E-state index in [0.29, 0.717) is 0 Å². The standard InChI is InChI=1S/C6H8N2/c1-2-3-4-5-6(7)8/h3,6H,1,7-8H2. The number of nitrogens with two attached hydrogens (primary N) is 2. The third-order valence-corrected chi connectivity index (χ3v) is 0.424. The van der Waals surface area contributed by atoms with E-state index in [4.69, 9.17) is 11.5 Å². The van der Waals surface area contributed by atoms with Crippen LogP contribution in [0, 0.1) is 11.8 Å². The lowest BCUT2D eigenvalue weighted by Gasteiger charge is -1.85. The highest BCUT2D eigenvalue weighted by molar-refractivity contribution is 5.16. The van der Waals surface area contributed by atoms with Crippen molar-refractivity contribution < 1.29 is 0 Å². The van der Waals surface area contributed by atoms with Gasteiger partial charge in [-0.3, -0.25) is 0 Å². The molecule has 0 aromatic carbocycles. The lowest BCUT2D eigenvalue weighted by atomic mass is 10.5. The van der Waals surface area contributed by atoms with Crippen LogP contribution in [-0.2, 0) is 0 Å². The second kappa shape index (κ2) is 4.17. The van der Waals surface area contributed by atoms with Gasteiger partial charge >= 0.3 is 0 Å². The molecule has 42 valence electrons. The summed E-state index contributed by atoms with van der Waals surface area (Å²) in [5.41, 5.74) is 12.6. The van der Waals surface area contributed by atoms with Crippen molar-refractivity contribution in [3.63, 3.8) is 0 Å². The molecule has 0 rings (SSSR count). The van der Waals surface area contributed by atoms with Crippen LogP contribution in [0.2, 0.25) is 0 Å². The van der Waals surface area contributed by atoms with Crippen LogP contribution in [0.15, 0.2) is 18.4 Å². The lowest BCUT2D eigenvalue weighted by Crippen LogP contribution is -2.27. The van der Waals surface area contributed by atoms with Gasteiger partial charge in [0.1, 0.15) is 6.17 Å². The van der Waals surface area contributed by atoms with E-state index in [1.807, 2.05) is 0 Å². The van der Waals surface area contributed by atoms with Crippen molar-refractivity contribution in [3.8, 4) is 11.8 Å². The highest BCUT2D eigenvalue weighted by Gasteiger charge is 1.75. The van der Waals surface area contributed by atoms with Crippen LogP contribution in [0.3, 0.4) is 0 Å². The summed E-state index contributed by atoms with van der Waals surface area (Å²) in [4.78, 5) is 0. The van der Waals surface area contributed by atoms with Gasteiger partial charge in [-0.05, 0) is 0 Å². The molecule has 0 aromatic rings. The molecule has 0 atom stereocenters. The van der Waals surface area contributed by atoms with E-state index < -0.39 is 6.17 Å². The molecule has 0 saturated heterocycles. The van der Waals surface area contributed by atoms with Gasteiger partial charge in [-0.15, -0.1) is 5.73 Å². The third kappa shape index (κ3) is 5.00. The van der Waals surface area contributed by atoms with Crippen molar-refractivity contribution in [2.75, 3.05) is 0 Å². The van der Waals surface area contributed by atoms with Gasteiger partial charge in [0.2, 0.25) is 0 Å². The van der Waals surface area contributed by atoms with Crippen molar-refractivity contribution in [3.05, 3.63) is 18.4 Å². The number of hydrogen-bond donors (Lipinski definition) is 2. The molecule has 8 heavy (non-hydrogen) atoms. The normalized spacial score (nSPS) is 6.88. The minimum atomic E-state index is -0.556. The predicted molar refractivity (Wildman–Crippen MR) is 33.6 cm³/mol. The van der Waals surface area contributed by atoms with E-state index in [2.05, 4.69) is 24.2 Å². The zero-order valence-corrected chi connectivity index (χ0v) is 4.52. The molecule has 0 bridgehead atoms. The molecule has 0 fully saturated rings. The van der Waals surface area contributed by atoms with Gasteiger partial charge in [-0.25, -0.2) is 0 Å². The SMILES string of the molecule is C=C=CC#CC(N)N. The maximum Gasteiger partial charge on any atom is 0.116 e. The summed E-state index contributed by atoms with van der Waals surface area (Å²) < 4.78 is 0. The molecule has 0 spiro atoms. The van der Waals surface area contributed by atoms with Crippen molar-refractivity contribution in [2.24, 2.45) is 11.5 Å². The van der Waals surface area contributed by atoms with Crippen LogP contribution in [0.4, 0.5) is 0 Å². The van der Waals surface area contributed by atoms with Crippen LogP contribution >= 0.6 is 0 Å². The van der Waals surface area contributed by atoms with Gasteiger partial charge in [-0.1, -0.05) is 18.4 Å². The average molecular weight is 108 g/mol. The average Bonchev–Trinajstić information content (AvgIpc) is 1.66. The maximum atomic E-state index is 5.07. The molecular weight excluding hydrogens is 100 g/mol. The van der Waals surface area contributed by atoms with Crippen LogP contribution in [0.1, 0.15) is 0 Å². The Kier molecular flexibility index (Phi) is 3.65. The molecular formula is C6H8N2. The summed E-state index contributed by atoms with van der Waals surface area (Å²) in [5, 5.41) is 0. The zero-order chi connectivity index (χ0) is 6.41. The molecule has 2 heteroatoms. The fraction of sp³-hybridized carbons (Fsp3) is 0.167. The summed E-state index contributed by atoms with van der Waals surface area (Å²) >= 11 is 0. The van der Waals surface area contributed by atoms with Crippen LogP contribution in [0.25, 0.3) is 0 Å². The van der Waals surface area contributed by atoms with Crippen LogP contribution < -0.4 is 11.5 Å². The first kappa shape index (κ1) is 7.00. The minimum absolute atomic E-state index is 0.556. The largest absolute Gasteiger partial charge is 0.306 e. The van der Waals surface area contributed by atoms with E-state index >= 15 is 0 Å². The molecule has 0 saturated carbocycles. The molecule has 0 aliphatic carbocycles. The maximum absolute atomic E-state index is 5.07. The second-order valence-electron chi connectivity index (χ2n) is 1.16. The summed E-state index contributed by atoms with van der Waals surface area (Å²) in [7, 11) is 0. The summed E-state index contributed by atoms with van der Waals surface area (Å²) in [6.45, 7) is 3.29. The van der Waals surface area contributed by atoms with Crippen molar-refractivity contribution in [2.45, 2.75) is 6.17 Å². The molecule has 0 aromatic heterocycles. The molecule has 0 radical (unpaired) electrons. The summed E-state index contributed by atoms with van der Waals surface area (Å²) in [6.07, 6.45) is 0.909. The Bertz CT molecular complexity index is 153. The first-order chi connectivity index (χ1) is 3.77. The smallest absolute Gasteiger partial charge is 0.116 e. The Morgan fingerprint density at radius 3 is 2.50 bits per heavy atom. The van der Waals surface area contributed by atoms with Gasteiger partial charge in [0.15, 0.2) is 0 Å². The molecule has 0 amide bonds. The molecule has 2 nitrogen and oxygen atoms in total. The molecule has 0 aliphatic rings. The second-order valence-corrected chi connectivity index (χ2v) is 1.16. The first-order valence-corrected chi connectivity index (χ1v) is 2.14. The van der Waals surface area contributed by atoms with Gasteiger partial charge in [0, 0.05) is 6.08 Å². The van der Waals surface area contributed by atoms with E-state index in [9.17, 15) is 0 Å². The van der Waals surface area contributed by atoms with Gasteiger partial charge in [0.25, 0.3) is 0 Å². The van der Waals surface area contributed by atoms with Crippen LogP contribution in [-0.4, -0.2) is 6.17 Å². The fourth-order valence-corrected chi connectivity index (χ4v) is 0.189. The highest BCUT2D eigenvalue weighted by atomic mass is 14.8. The van der Waals surface area contributed by atoms with E-state index in [-0.39, 0.29) is 0 Å². The van der Waals surface area contributed by atoms with Crippen molar-refractivity contribution in [1.82, 2.24) is 0 Å². The Morgan fingerprint density at radius 2 is 2.12 bits per heavy atom. The van der Waals surface area contributed by atoms with E-state index in [1.54, 1.807) is 0 Å². The third-order valence-electron chi connectivity index (χ3n) is 0.424. The fourth-order valence-electron chi connectivity index (χ4n) is 0.189.